The lowest BCUT2D eigenvalue weighted by Gasteiger charge is -2.40. The van der Waals surface area contributed by atoms with Crippen molar-refractivity contribution in [3.8, 4) is 0 Å². The molecule has 0 amide bonds. The van der Waals surface area contributed by atoms with Crippen LogP contribution in [0.1, 0.15) is 53.4 Å². The van der Waals surface area contributed by atoms with E-state index in [1.54, 1.807) is 4.31 Å². The van der Waals surface area contributed by atoms with Crippen LogP contribution in [0.15, 0.2) is 0 Å². The number of sulfonamides is 1. The molecule has 126 valence electrons. The molecule has 2 saturated carbocycles. The Labute approximate surface area is 134 Å². The zero-order chi connectivity index (χ0) is 16.3. The van der Waals surface area contributed by atoms with Gasteiger partial charge in [0.15, 0.2) is 0 Å². The summed E-state index contributed by atoms with van der Waals surface area (Å²) in [4.78, 5) is 12.6. The van der Waals surface area contributed by atoms with E-state index in [-0.39, 0.29) is 17.0 Å². The highest BCUT2D eigenvalue weighted by molar-refractivity contribution is 7.89. The molecule has 2 bridgehead atoms. The van der Waals surface area contributed by atoms with E-state index < -0.39 is 15.4 Å². The van der Waals surface area contributed by atoms with Gasteiger partial charge in [-0.05, 0) is 42.4 Å². The van der Waals surface area contributed by atoms with Gasteiger partial charge in [0.1, 0.15) is 5.78 Å². The van der Waals surface area contributed by atoms with Crippen LogP contribution in [-0.2, 0) is 14.8 Å². The van der Waals surface area contributed by atoms with E-state index in [1.165, 1.54) is 0 Å². The summed E-state index contributed by atoms with van der Waals surface area (Å²) in [6.45, 7) is 9.67. The number of hydrogen-bond acceptors (Lipinski definition) is 3. The summed E-state index contributed by atoms with van der Waals surface area (Å²) in [6.07, 6.45) is 3.42. The van der Waals surface area contributed by atoms with Gasteiger partial charge in [0.2, 0.25) is 10.0 Å². The van der Waals surface area contributed by atoms with Gasteiger partial charge in [0.05, 0.1) is 5.75 Å². The standard InChI is InChI=1S/C17H29NO3S/c1-12-7-13(2)10-18(9-12)22(20,21)11-17-6-5-14(8-15(17)19)16(17,3)4/h12-14H,5-11H2,1-4H3/t12-,13+,14-,17-/m0/s1. The molecule has 0 radical (unpaired) electrons. The van der Waals surface area contributed by atoms with E-state index in [0.29, 0.717) is 37.3 Å². The van der Waals surface area contributed by atoms with E-state index >= 15 is 0 Å². The van der Waals surface area contributed by atoms with Crippen LogP contribution in [0.2, 0.25) is 0 Å². The predicted molar refractivity (Wildman–Crippen MR) is 86.9 cm³/mol. The number of carbonyl (C=O) groups excluding carboxylic acids is 1. The molecule has 4 nitrogen and oxygen atoms in total. The summed E-state index contributed by atoms with van der Waals surface area (Å²) in [6, 6.07) is 0. The Morgan fingerprint density at radius 2 is 1.77 bits per heavy atom. The number of fused-ring (bicyclic) bond motifs is 2. The van der Waals surface area contributed by atoms with Crippen LogP contribution >= 0.6 is 0 Å². The average Bonchev–Trinajstić information content (AvgIpc) is 2.71. The first kappa shape index (κ1) is 16.4. The van der Waals surface area contributed by atoms with Crippen molar-refractivity contribution in [2.45, 2.75) is 53.4 Å². The minimum atomic E-state index is -3.37. The van der Waals surface area contributed by atoms with E-state index in [9.17, 15) is 13.2 Å². The van der Waals surface area contributed by atoms with Crippen LogP contribution in [0.25, 0.3) is 0 Å². The largest absolute Gasteiger partial charge is 0.299 e. The van der Waals surface area contributed by atoms with E-state index in [4.69, 9.17) is 0 Å². The van der Waals surface area contributed by atoms with Crippen molar-refractivity contribution in [3.63, 3.8) is 0 Å². The fraction of sp³-hybridized carbons (Fsp3) is 0.941. The topological polar surface area (TPSA) is 54.5 Å². The monoisotopic (exact) mass is 327 g/mol. The molecule has 1 saturated heterocycles. The number of piperidine rings is 1. The summed E-state index contributed by atoms with van der Waals surface area (Å²) >= 11 is 0. The Kier molecular flexibility index (Phi) is 3.76. The maximum absolute atomic E-state index is 13.0. The van der Waals surface area contributed by atoms with Gasteiger partial charge in [-0.1, -0.05) is 27.7 Å². The summed E-state index contributed by atoms with van der Waals surface area (Å²) < 4.78 is 27.7. The van der Waals surface area contributed by atoms with E-state index in [1.807, 2.05) is 0 Å². The molecule has 0 aromatic rings. The molecule has 5 heteroatoms. The molecule has 0 spiro atoms. The Bertz CT molecular complexity index is 573. The first-order valence-corrected chi connectivity index (χ1v) is 10.2. The lowest BCUT2D eigenvalue weighted by molar-refractivity contribution is -0.128. The summed E-state index contributed by atoms with van der Waals surface area (Å²) in [7, 11) is -3.37. The highest BCUT2D eigenvalue weighted by Gasteiger charge is 2.65. The van der Waals surface area contributed by atoms with Crippen molar-refractivity contribution in [2.75, 3.05) is 18.8 Å². The molecule has 0 N–H and O–H groups in total. The number of carbonyl (C=O) groups is 1. The van der Waals surface area contributed by atoms with Gasteiger partial charge in [-0.25, -0.2) is 12.7 Å². The summed E-state index contributed by atoms with van der Waals surface area (Å²) in [5, 5.41) is 0. The van der Waals surface area contributed by atoms with Crippen molar-refractivity contribution in [2.24, 2.45) is 28.6 Å². The highest BCUT2D eigenvalue weighted by Crippen LogP contribution is 2.64. The minimum absolute atomic E-state index is 0.0295. The van der Waals surface area contributed by atoms with E-state index in [0.717, 1.165) is 19.3 Å². The third-order valence-electron chi connectivity index (χ3n) is 6.80. The molecule has 0 unspecified atom stereocenters. The van der Waals surface area contributed by atoms with Gasteiger partial charge in [-0.2, -0.15) is 0 Å². The van der Waals surface area contributed by atoms with Crippen LogP contribution in [0, 0.1) is 28.6 Å². The van der Waals surface area contributed by atoms with Gasteiger partial charge >= 0.3 is 0 Å². The molecule has 2 aliphatic carbocycles. The molecule has 0 aromatic heterocycles. The zero-order valence-corrected chi connectivity index (χ0v) is 15.1. The van der Waals surface area contributed by atoms with Crippen LogP contribution < -0.4 is 0 Å². The van der Waals surface area contributed by atoms with E-state index in [2.05, 4.69) is 27.7 Å². The predicted octanol–water partition coefficient (Wildman–Crippen LogP) is 2.69. The van der Waals surface area contributed by atoms with Crippen molar-refractivity contribution in [3.05, 3.63) is 0 Å². The third kappa shape index (κ3) is 2.27. The maximum Gasteiger partial charge on any atom is 0.215 e. The average molecular weight is 327 g/mol. The number of rotatable bonds is 3. The van der Waals surface area contributed by atoms with Crippen molar-refractivity contribution < 1.29 is 13.2 Å². The van der Waals surface area contributed by atoms with Crippen LogP contribution in [0.3, 0.4) is 0 Å². The third-order valence-corrected chi connectivity index (χ3v) is 8.74. The highest BCUT2D eigenvalue weighted by atomic mass is 32.2. The Hall–Kier alpha value is -0.420. The SMILES string of the molecule is C[C@@H]1C[C@H](C)CN(S(=O)(=O)C[C@@]23CC[C@@H](CC2=O)C3(C)C)C1. The second-order valence-electron chi connectivity index (χ2n) is 8.69. The Morgan fingerprint density at radius 3 is 2.23 bits per heavy atom. The molecular weight excluding hydrogens is 298 g/mol. The quantitative estimate of drug-likeness (QED) is 0.801. The molecule has 0 aromatic carbocycles. The second-order valence-corrected chi connectivity index (χ2v) is 10.7. The fourth-order valence-electron chi connectivity index (χ4n) is 5.34. The lowest BCUT2D eigenvalue weighted by Crippen LogP contribution is -2.50. The van der Waals surface area contributed by atoms with Gasteiger partial charge in [0.25, 0.3) is 0 Å². The molecule has 3 fully saturated rings. The molecular formula is C17H29NO3S. The maximum atomic E-state index is 13.0. The fourth-order valence-corrected chi connectivity index (χ4v) is 7.79. The van der Waals surface area contributed by atoms with Crippen LogP contribution in [0.4, 0.5) is 0 Å². The van der Waals surface area contributed by atoms with Gasteiger partial charge in [-0.3, -0.25) is 4.79 Å². The Morgan fingerprint density at radius 1 is 1.18 bits per heavy atom. The summed E-state index contributed by atoms with van der Waals surface area (Å²) in [5.41, 5.74) is -0.815. The van der Waals surface area contributed by atoms with Crippen molar-refractivity contribution >= 4 is 15.8 Å². The number of hydrogen-bond donors (Lipinski definition) is 0. The molecule has 1 heterocycles. The normalized spacial score (nSPS) is 42.0. The summed E-state index contributed by atoms with van der Waals surface area (Å²) in [5.74, 6) is 1.39. The molecule has 22 heavy (non-hydrogen) atoms. The molecule has 3 rings (SSSR count). The van der Waals surface area contributed by atoms with Gasteiger partial charge in [-0.15, -0.1) is 0 Å². The van der Waals surface area contributed by atoms with Gasteiger partial charge < -0.3 is 0 Å². The molecule has 3 aliphatic rings. The first-order valence-electron chi connectivity index (χ1n) is 8.59. The molecule has 1 aliphatic heterocycles. The van der Waals surface area contributed by atoms with Crippen molar-refractivity contribution in [1.29, 1.82) is 0 Å². The first-order chi connectivity index (χ1) is 10.1. The smallest absolute Gasteiger partial charge is 0.215 e. The lowest BCUT2D eigenvalue weighted by atomic mass is 9.70. The van der Waals surface area contributed by atoms with Gasteiger partial charge in [0, 0.05) is 24.9 Å². The zero-order valence-electron chi connectivity index (χ0n) is 14.3. The molecule has 4 atom stereocenters. The van der Waals surface area contributed by atoms with Crippen LogP contribution in [-0.4, -0.2) is 37.3 Å². The van der Waals surface area contributed by atoms with Crippen molar-refractivity contribution in [1.82, 2.24) is 4.31 Å². The number of Topliss-reactive ketones (excluding diaryl/α,β-unsaturated/α-hetero) is 1. The van der Waals surface area contributed by atoms with Crippen LogP contribution in [0.5, 0.6) is 0 Å². The Balaban J connectivity index is 1.87. The minimum Gasteiger partial charge on any atom is -0.299 e. The number of nitrogens with zero attached hydrogens (tertiary/aromatic N) is 1. The number of ketones is 1. The second kappa shape index (κ2) is 5.04.